The predicted molar refractivity (Wildman–Crippen MR) is 107 cm³/mol. The molecule has 2 N–H and O–H groups in total. The number of aromatic nitrogens is 2. The number of nitrogens with one attached hydrogen (secondary N) is 2. The van der Waals surface area contributed by atoms with Crippen LogP contribution in [0.5, 0.6) is 5.75 Å². The largest absolute Gasteiger partial charge is 0.492 e. The molecule has 0 radical (unpaired) electrons. The number of para-hydroxylation sites is 2. The minimum atomic E-state index is -0.340. The second-order valence-corrected chi connectivity index (χ2v) is 6.13. The third-order valence-electron chi connectivity index (χ3n) is 3.99. The van der Waals surface area contributed by atoms with Gasteiger partial charge in [-0.3, -0.25) is 4.79 Å². The van der Waals surface area contributed by atoms with Gasteiger partial charge < -0.3 is 15.4 Å². The predicted octanol–water partition coefficient (Wildman–Crippen LogP) is 4.49. The van der Waals surface area contributed by atoms with E-state index in [1.165, 1.54) is 0 Å². The highest BCUT2D eigenvalue weighted by atomic mass is 16.5. The summed E-state index contributed by atoms with van der Waals surface area (Å²) in [7, 11) is 0. The second-order valence-electron chi connectivity index (χ2n) is 6.13. The van der Waals surface area contributed by atoms with Gasteiger partial charge in [-0.1, -0.05) is 24.3 Å². The van der Waals surface area contributed by atoms with Crippen LogP contribution < -0.4 is 15.4 Å². The zero-order valence-electron chi connectivity index (χ0n) is 15.6. The van der Waals surface area contributed by atoms with Crippen LogP contribution in [0.2, 0.25) is 0 Å². The second kappa shape index (κ2) is 8.31. The number of carbonyl (C=O) groups excluding carboxylic acids is 1. The number of hydrogen-bond donors (Lipinski definition) is 2. The lowest BCUT2D eigenvalue weighted by Crippen LogP contribution is -2.15. The quantitative estimate of drug-likeness (QED) is 0.676. The van der Waals surface area contributed by atoms with Gasteiger partial charge in [0.25, 0.3) is 5.91 Å². The first-order valence-electron chi connectivity index (χ1n) is 8.78. The molecule has 6 nitrogen and oxygen atoms in total. The van der Waals surface area contributed by atoms with Gasteiger partial charge in [0.15, 0.2) is 11.5 Å². The van der Waals surface area contributed by atoms with E-state index >= 15 is 0 Å². The van der Waals surface area contributed by atoms with E-state index in [2.05, 4.69) is 26.9 Å². The average molecular weight is 362 g/mol. The van der Waals surface area contributed by atoms with Crippen LogP contribution in [0.4, 0.5) is 17.2 Å². The molecule has 27 heavy (non-hydrogen) atoms. The number of anilines is 3. The molecule has 138 valence electrons. The average Bonchev–Trinajstić information content (AvgIpc) is 2.67. The van der Waals surface area contributed by atoms with Crippen LogP contribution in [-0.4, -0.2) is 22.7 Å². The molecule has 2 aromatic carbocycles. The van der Waals surface area contributed by atoms with E-state index in [9.17, 15) is 4.79 Å². The fourth-order valence-electron chi connectivity index (χ4n) is 2.57. The molecule has 3 aromatic rings. The van der Waals surface area contributed by atoms with Gasteiger partial charge in [-0.05, 0) is 62.2 Å². The van der Waals surface area contributed by atoms with Crippen LogP contribution >= 0.6 is 0 Å². The van der Waals surface area contributed by atoms with Crippen LogP contribution in [0.15, 0.2) is 54.6 Å². The molecule has 0 saturated heterocycles. The van der Waals surface area contributed by atoms with Gasteiger partial charge in [0.2, 0.25) is 0 Å². The summed E-state index contributed by atoms with van der Waals surface area (Å²) in [6, 6.07) is 16.8. The van der Waals surface area contributed by atoms with Gasteiger partial charge >= 0.3 is 0 Å². The maximum Gasteiger partial charge on any atom is 0.276 e. The first-order valence-corrected chi connectivity index (χ1v) is 8.78. The molecular formula is C21H22N4O2. The highest BCUT2D eigenvalue weighted by Gasteiger charge is 2.12. The summed E-state index contributed by atoms with van der Waals surface area (Å²) in [6.07, 6.45) is 0. The summed E-state index contributed by atoms with van der Waals surface area (Å²) in [5.41, 5.74) is 4.06. The Hall–Kier alpha value is -3.41. The molecule has 0 saturated carbocycles. The lowest BCUT2D eigenvalue weighted by molar-refractivity contribution is 0.102. The molecule has 0 atom stereocenters. The van der Waals surface area contributed by atoms with Crippen molar-refractivity contribution in [2.75, 3.05) is 17.2 Å². The number of amides is 1. The maximum absolute atomic E-state index is 12.4. The summed E-state index contributed by atoms with van der Waals surface area (Å²) in [6.45, 7) is 6.47. The molecule has 1 amide bonds. The van der Waals surface area contributed by atoms with Crippen LogP contribution in [0.1, 0.15) is 28.5 Å². The third-order valence-corrected chi connectivity index (χ3v) is 3.99. The number of hydrogen-bond acceptors (Lipinski definition) is 5. The van der Waals surface area contributed by atoms with Crippen molar-refractivity contribution in [1.82, 2.24) is 10.2 Å². The molecular weight excluding hydrogens is 340 g/mol. The normalized spacial score (nSPS) is 10.3. The Balaban J connectivity index is 1.71. The number of rotatable bonds is 6. The van der Waals surface area contributed by atoms with E-state index in [4.69, 9.17) is 4.74 Å². The summed E-state index contributed by atoms with van der Waals surface area (Å²) in [5.74, 6) is 0.859. The number of ether oxygens (including phenoxy) is 1. The molecule has 0 unspecified atom stereocenters. The van der Waals surface area contributed by atoms with Crippen molar-refractivity contribution >= 4 is 23.1 Å². The first kappa shape index (κ1) is 18.4. The van der Waals surface area contributed by atoms with E-state index in [1.54, 1.807) is 18.2 Å². The highest BCUT2D eigenvalue weighted by molar-refractivity contribution is 6.03. The molecule has 1 aromatic heterocycles. The minimum Gasteiger partial charge on any atom is -0.492 e. The van der Waals surface area contributed by atoms with Gasteiger partial charge in [0.1, 0.15) is 5.75 Å². The van der Waals surface area contributed by atoms with Crippen molar-refractivity contribution in [1.29, 1.82) is 0 Å². The first-order chi connectivity index (χ1) is 13.1. The molecule has 3 rings (SSSR count). The summed E-state index contributed by atoms with van der Waals surface area (Å²) in [5, 5.41) is 14.2. The summed E-state index contributed by atoms with van der Waals surface area (Å²) in [4.78, 5) is 12.4. The highest BCUT2D eigenvalue weighted by Crippen LogP contribution is 2.24. The van der Waals surface area contributed by atoms with E-state index in [0.29, 0.717) is 23.9 Å². The SMILES string of the molecule is CCOc1ccccc1NC(=O)c1ccc(Nc2cc(C)ccc2C)nn1. The van der Waals surface area contributed by atoms with E-state index in [1.807, 2.05) is 51.1 Å². The minimum absolute atomic E-state index is 0.229. The molecule has 0 aliphatic heterocycles. The Kier molecular flexibility index (Phi) is 5.66. The molecule has 6 heteroatoms. The monoisotopic (exact) mass is 362 g/mol. The Morgan fingerprint density at radius 1 is 1.00 bits per heavy atom. The van der Waals surface area contributed by atoms with Crippen LogP contribution in [0.25, 0.3) is 0 Å². The van der Waals surface area contributed by atoms with Gasteiger partial charge in [0.05, 0.1) is 12.3 Å². The fraction of sp³-hybridized carbons (Fsp3) is 0.190. The summed E-state index contributed by atoms with van der Waals surface area (Å²) >= 11 is 0. The fourth-order valence-corrected chi connectivity index (χ4v) is 2.57. The number of benzene rings is 2. The van der Waals surface area contributed by atoms with Crippen molar-refractivity contribution < 1.29 is 9.53 Å². The van der Waals surface area contributed by atoms with Crippen LogP contribution in [0.3, 0.4) is 0 Å². The van der Waals surface area contributed by atoms with Gasteiger partial charge in [-0.2, -0.15) is 0 Å². The van der Waals surface area contributed by atoms with Gasteiger partial charge in [-0.15, -0.1) is 10.2 Å². The van der Waals surface area contributed by atoms with Crippen molar-refractivity contribution in [3.63, 3.8) is 0 Å². The van der Waals surface area contributed by atoms with Gasteiger partial charge in [-0.25, -0.2) is 0 Å². The zero-order chi connectivity index (χ0) is 19.2. The molecule has 0 spiro atoms. The third kappa shape index (κ3) is 4.61. The van der Waals surface area contributed by atoms with Crippen LogP contribution in [0, 0.1) is 13.8 Å². The Labute approximate surface area is 158 Å². The molecule has 0 bridgehead atoms. The number of carbonyl (C=O) groups is 1. The molecule has 0 aliphatic rings. The molecule has 1 heterocycles. The zero-order valence-corrected chi connectivity index (χ0v) is 15.6. The lowest BCUT2D eigenvalue weighted by Gasteiger charge is -2.11. The van der Waals surface area contributed by atoms with E-state index in [-0.39, 0.29) is 11.6 Å². The van der Waals surface area contributed by atoms with E-state index in [0.717, 1.165) is 16.8 Å². The standard InChI is InChI=1S/C21H22N4O2/c1-4-27-19-8-6-5-7-16(19)23-21(26)17-11-12-20(25-24-17)22-18-13-14(2)9-10-15(18)3/h5-13H,4H2,1-3H3,(H,22,25)(H,23,26). The Morgan fingerprint density at radius 2 is 1.81 bits per heavy atom. The lowest BCUT2D eigenvalue weighted by atomic mass is 10.1. The van der Waals surface area contributed by atoms with E-state index < -0.39 is 0 Å². The topological polar surface area (TPSA) is 76.1 Å². The van der Waals surface area contributed by atoms with Crippen molar-refractivity contribution in [3.8, 4) is 5.75 Å². The Bertz CT molecular complexity index is 939. The Morgan fingerprint density at radius 3 is 2.56 bits per heavy atom. The maximum atomic E-state index is 12.4. The summed E-state index contributed by atoms with van der Waals surface area (Å²) < 4.78 is 5.52. The molecule has 0 aliphatic carbocycles. The number of aryl methyl sites for hydroxylation is 2. The van der Waals surface area contributed by atoms with Crippen molar-refractivity contribution in [2.24, 2.45) is 0 Å². The molecule has 0 fully saturated rings. The smallest absolute Gasteiger partial charge is 0.276 e. The van der Waals surface area contributed by atoms with Crippen molar-refractivity contribution in [3.05, 3.63) is 71.4 Å². The van der Waals surface area contributed by atoms with Crippen LogP contribution in [-0.2, 0) is 0 Å². The van der Waals surface area contributed by atoms with Crippen molar-refractivity contribution in [2.45, 2.75) is 20.8 Å². The van der Waals surface area contributed by atoms with Gasteiger partial charge in [0, 0.05) is 5.69 Å². The number of nitrogens with zero attached hydrogens (tertiary/aromatic N) is 2.